The zero-order chi connectivity index (χ0) is 14.1. The summed E-state index contributed by atoms with van der Waals surface area (Å²) < 4.78 is 40.5. The third kappa shape index (κ3) is 2.50. The van der Waals surface area contributed by atoms with Gasteiger partial charge in [-0.25, -0.2) is 0 Å². The molecule has 1 aromatic carbocycles. The van der Waals surface area contributed by atoms with Crippen LogP contribution in [0, 0.1) is 0 Å². The normalized spacial score (nSPS) is 15.0. The molecule has 0 radical (unpaired) electrons. The molecule has 19 heavy (non-hydrogen) atoms. The van der Waals surface area contributed by atoms with Gasteiger partial charge in [0, 0.05) is 22.4 Å². The van der Waals surface area contributed by atoms with Gasteiger partial charge in [-0.1, -0.05) is 28.1 Å². The molecule has 0 spiro atoms. The van der Waals surface area contributed by atoms with Crippen molar-refractivity contribution in [3.63, 3.8) is 0 Å². The van der Waals surface area contributed by atoms with Gasteiger partial charge in [0.15, 0.2) is 0 Å². The van der Waals surface area contributed by atoms with Crippen LogP contribution >= 0.6 is 15.9 Å². The van der Waals surface area contributed by atoms with E-state index in [2.05, 4.69) is 20.9 Å². The molecule has 0 fully saturated rings. The van der Waals surface area contributed by atoms with E-state index in [1.165, 1.54) is 36.7 Å². The molecule has 0 amide bonds. The summed E-state index contributed by atoms with van der Waals surface area (Å²) in [6.07, 6.45) is -2.40. The van der Waals surface area contributed by atoms with Crippen molar-refractivity contribution in [2.24, 2.45) is 0 Å². The van der Waals surface area contributed by atoms with E-state index in [1.54, 1.807) is 0 Å². The molecular weight excluding hydrogens is 323 g/mol. The van der Waals surface area contributed by atoms with Crippen molar-refractivity contribution < 1.29 is 18.3 Å². The summed E-state index contributed by atoms with van der Waals surface area (Å²) >= 11 is 3.15. The number of benzene rings is 1. The molecule has 0 bridgehead atoms. The topological polar surface area (TPSA) is 33.1 Å². The lowest BCUT2D eigenvalue weighted by atomic mass is 9.86. The van der Waals surface area contributed by atoms with E-state index >= 15 is 0 Å². The fourth-order valence-electron chi connectivity index (χ4n) is 1.78. The number of aliphatic hydroxyl groups is 1. The highest BCUT2D eigenvalue weighted by molar-refractivity contribution is 9.10. The van der Waals surface area contributed by atoms with E-state index in [0.29, 0.717) is 4.47 Å². The Labute approximate surface area is 116 Å². The molecule has 0 aliphatic carbocycles. The van der Waals surface area contributed by atoms with Crippen LogP contribution in [0.15, 0.2) is 53.3 Å². The third-order valence-electron chi connectivity index (χ3n) is 2.77. The minimum atomic E-state index is -4.83. The highest BCUT2D eigenvalue weighted by Crippen LogP contribution is 2.44. The monoisotopic (exact) mass is 331 g/mol. The molecule has 2 rings (SSSR count). The SMILES string of the molecule is OC(c1ccncc1)(c1ccc(Br)cc1)C(F)(F)F. The first kappa shape index (κ1) is 14.0. The van der Waals surface area contributed by atoms with Crippen LogP contribution in [0.1, 0.15) is 11.1 Å². The van der Waals surface area contributed by atoms with Crippen molar-refractivity contribution >= 4 is 15.9 Å². The average molecular weight is 332 g/mol. The summed E-state index contributed by atoms with van der Waals surface area (Å²) in [5.74, 6) is 0. The Morgan fingerprint density at radius 1 is 0.895 bits per heavy atom. The predicted molar refractivity (Wildman–Crippen MR) is 67.4 cm³/mol. The predicted octanol–water partition coefficient (Wildman–Crippen LogP) is 3.64. The molecule has 1 unspecified atom stereocenters. The first-order valence-electron chi connectivity index (χ1n) is 5.31. The number of nitrogens with zero attached hydrogens (tertiary/aromatic N) is 1. The van der Waals surface area contributed by atoms with Gasteiger partial charge in [0.25, 0.3) is 0 Å². The number of alkyl halides is 3. The Morgan fingerprint density at radius 3 is 1.84 bits per heavy atom. The van der Waals surface area contributed by atoms with E-state index < -0.39 is 11.8 Å². The Morgan fingerprint density at radius 2 is 1.37 bits per heavy atom. The number of hydrogen-bond donors (Lipinski definition) is 1. The standard InChI is InChI=1S/C13H9BrF3NO/c14-11-3-1-9(2-4-11)12(19,13(15,16)17)10-5-7-18-8-6-10/h1-8,19H. The minimum absolute atomic E-state index is 0.241. The summed E-state index contributed by atoms with van der Waals surface area (Å²) in [7, 11) is 0. The Kier molecular flexibility index (Phi) is 3.64. The zero-order valence-corrected chi connectivity index (χ0v) is 11.1. The van der Waals surface area contributed by atoms with Crippen LogP contribution in [-0.4, -0.2) is 16.3 Å². The number of aromatic nitrogens is 1. The molecule has 1 atom stereocenters. The number of hydrogen-bond acceptors (Lipinski definition) is 2. The van der Waals surface area contributed by atoms with E-state index in [0.717, 1.165) is 12.1 Å². The highest BCUT2D eigenvalue weighted by Gasteiger charge is 2.56. The zero-order valence-electron chi connectivity index (χ0n) is 9.53. The minimum Gasteiger partial charge on any atom is -0.372 e. The van der Waals surface area contributed by atoms with Gasteiger partial charge in [0.1, 0.15) is 0 Å². The van der Waals surface area contributed by atoms with Crippen molar-refractivity contribution in [1.82, 2.24) is 4.98 Å². The summed E-state index contributed by atoms with van der Waals surface area (Å²) in [5.41, 5.74) is -3.55. The van der Waals surface area contributed by atoms with Crippen LogP contribution in [-0.2, 0) is 5.60 Å². The van der Waals surface area contributed by atoms with Crippen molar-refractivity contribution in [1.29, 1.82) is 0 Å². The van der Waals surface area contributed by atoms with Gasteiger partial charge in [0.05, 0.1) is 0 Å². The largest absolute Gasteiger partial charge is 0.425 e. The maximum Gasteiger partial charge on any atom is 0.425 e. The van der Waals surface area contributed by atoms with Gasteiger partial charge < -0.3 is 5.11 Å². The lowest BCUT2D eigenvalue weighted by Gasteiger charge is -2.31. The number of halogens is 4. The second-order valence-electron chi connectivity index (χ2n) is 3.95. The number of pyridine rings is 1. The fraction of sp³-hybridized carbons (Fsp3) is 0.154. The first-order valence-corrected chi connectivity index (χ1v) is 6.10. The molecule has 0 aliphatic heterocycles. The van der Waals surface area contributed by atoms with Crippen LogP contribution in [0.3, 0.4) is 0 Å². The van der Waals surface area contributed by atoms with Crippen molar-refractivity contribution in [2.75, 3.05) is 0 Å². The van der Waals surface area contributed by atoms with Gasteiger partial charge in [-0.15, -0.1) is 0 Å². The van der Waals surface area contributed by atoms with Crippen LogP contribution in [0.2, 0.25) is 0 Å². The van der Waals surface area contributed by atoms with Crippen LogP contribution < -0.4 is 0 Å². The molecule has 6 heteroatoms. The Bertz CT molecular complexity index is 556. The quantitative estimate of drug-likeness (QED) is 0.911. The van der Waals surface area contributed by atoms with Gasteiger partial charge in [0.2, 0.25) is 5.60 Å². The lowest BCUT2D eigenvalue weighted by molar-refractivity contribution is -0.248. The molecule has 1 heterocycles. The molecule has 0 aliphatic rings. The Balaban J connectivity index is 2.63. The second-order valence-corrected chi connectivity index (χ2v) is 4.87. The molecule has 0 saturated carbocycles. The molecule has 2 aromatic rings. The summed E-state index contributed by atoms with van der Waals surface area (Å²) in [4.78, 5) is 3.66. The van der Waals surface area contributed by atoms with Crippen LogP contribution in [0.4, 0.5) is 13.2 Å². The van der Waals surface area contributed by atoms with E-state index in [9.17, 15) is 18.3 Å². The van der Waals surface area contributed by atoms with Crippen LogP contribution in [0.25, 0.3) is 0 Å². The summed E-state index contributed by atoms with van der Waals surface area (Å²) in [6, 6.07) is 7.67. The maximum absolute atomic E-state index is 13.3. The van der Waals surface area contributed by atoms with Crippen LogP contribution in [0.5, 0.6) is 0 Å². The van der Waals surface area contributed by atoms with E-state index in [4.69, 9.17) is 0 Å². The number of rotatable bonds is 2. The molecule has 0 saturated heterocycles. The smallest absolute Gasteiger partial charge is 0.372 e. The fourth-order valence-corrected chi connectivity index (χ4v) is 2.04. The molecule has 1 aromatic heterocycles. The highest BCUT2D eigenvalue weighted by atomic mass is 79.9. The molecule has 2 nitrogen and oxygen atoms in total. The van der Waals surface area contributed by atoms with Gasteiger partial charge >= 0.3 is 6.18 Å². The molecule has 1 N–H and O–H groups in total. The van der Waals surface area contributed by atoms with Crippen molar-refractivity contribution in [2.45, 2.75) is 11.8 Å². The molecule has 100 valence electrons. The second kappa shape index (κ2) is 4.94. The maximum atomic E-state index is 13.3. The van der Waals surface area contributed by atoms with Gasteiger partial charge in [-0.3, -0.25) is 4.98 Å². The average Bonchev–Trinajstić information content (AvgIpc) is 2.38. The van der Waals surface area contributed by atoms with Gasteiger partial charge in [-0.05, 0) is 29.8 Å². The first-order chi connectivity index (χ1) is 8.85. The summed E-state index contributed by atoms with van der Waals surface area (Å²) in [6.45, 7) is 0. The Hall–Kier alpha value is -1.40. The summed E-state index contributed by atoms with van der Waals surface area (Å²) in [5, 5.41) is 10.2. The third-order valence-corrected chi connectivity index (χ3v) is 3.30. The van der Waals surface area contributed by atoms with Crippen molar-refractivity contribution in [3.05, 3.63) is 64.4 Å². The van der Waals surface area contributed by atoms with E-state index in [1.807, 2.05) is 0 Å². The lowest BCUT2D eigenvalue weighted by Crippen LogP contribution is -2.43. The van der Waals surface area contributed by atoms with E-state index in [-0.39, 0.29) is 11.1 Å². The van der Waals surface area contributed by atoms with Crippen molar-refractivity contribution in [3.8, 4) is 0 Å². The van der Waals surface area contributed by atoms with Gasteiger partial charge in [-0.2, -0.15) is 13.2 Å². The molecular formula is C13H9BrF3NO.